The molecule has 0 amide bonds. The summed E-state index contributed by atoms with van der Waals surface area (Å²) in [6.45, 7) is 2.05. The summed E-state index contributed by atoms with van der Waals surface area (Å²) in [5.41, 5.74) is 2.50. The van der Waals surface area contributed by atoms with Crippen molar-refractivity contribution in [1.29, 1.82) is 5.26 Å². The van der Waals surface area contributed by atoms with Gasteiger partial charge in [0.05, 0.1) is 11.3 Å². The predicted octanol–water partition coefficient (Wildman–Crippen LogP) is 5.15. The van der Waals surface area contributed by atoms with E-state index in [-0.39, 0.29) is 6.04 Å². The maximum absolute atomic E-state index is 9.11. The SMILES string of the molecule is CC(Nc1ccc(Cl)cc1C#N)c1ccc(Br)cc1. The smallest absolute Gasteiger partial charge is 0.101 e. The van der Waals surface area contributed by atoms with Gasteiger partial charge >= 0.3 is 0 Å². The summed E-state index contributed by atoms with van der Waals surface area (Å²) in [6.07, 6.45) is 0. The van der Waals surface area contributed by atoms with Crippen LogP contribution in [-0.4, -0.2) is 0 Å². The van der Waals surface area contributed by atoms with Gasteiger partial charge in [0.25, 0.3) is 0 Å². The second-order valence-corrected chi connectivity index (χ2v) is 5.57. The van der Waals surface area contributed by atoms with Crippen LogP contribution in [0.1, 0.15) is 24.1 Å². The van der Waals surface area contributed by atoms with Crippen LogP contribution in [0.5, 0.6) is 0 Å². The van der Waals surface area contributed by atoms with Crippen LogP contribution >= 0.6 is 27.5 Å². The molecule has 0 bridgehead atoms. The number of halogens is 2. The van der Waals surface area contributed by atoms with Crippen molar-refractivity contribution in [1.82, 2.24) is 0 Å². The minimum atomic E-state index is 0.112. The lowest BCUT2D eigenvalue weighted by atomic mass is 10.1. The van der Waals surface area contributed by atoms with E-state index in [9.17, 15) is 0 Å². The van der Waals surface area contributed by atoms with Gasteiger partial charge in [0.1, 0.15) is 6.07 Å². The number of nitrogens with one attached hydrogen (secondary N) is 1. The zero-order valence-corrected chi connectivity index (χ0v) is 12.7. The molecule has 2 nitrogen and oxygen atoms in total. The number of hydrogen-bond acceptors (Lipinski definition) is 2. The van der Waals surface area contributed by atoms with Gasteiger partial charge in [-0.1, -0.05) is 39.7 Å². The highest BCUT2D eigenvalue weighted by Gasteiger charge is 2.08. The van der Waals surface area contributed by atoms with Crippen molar-refractivity contribution in [2.45, 2.75) is 13.0 Å². The molecule has 1 unspecified atom stereocenters. The lowest BCUT2D eigenvalue weighted by Crippen LogP contribution is -2.07. The first kappa shape index (κ1) is 13.9. The van der Waals surface area contributed by atoms with Crippen LogP contribution in [0.25, 0.3) is 0 Å². The molecule has 1 atom stereocenters. The molecule has 0 radical (unpaired) electrons. The average molecular weight is 336 g/mol. The fourth-order valence-electron chi connectivity index (χ4n) is 1.80. The minimum Gasteiger partial charge on any atom is -0.377 e. The number of nitriles is 1. The lowest BCUT2D eigenvalue weighted by Gasteiger charge is -2.17. The van der Waals surface area contributed by atoms with Gasteiger partial charge in [-0.3, -0.25) is 0 Å². The largest absolute Gasteiger partial charge is 0.377 e. The minimum absolute atomic E-state index is 0.112. The van der Waals surface area contributed by atoms with Crippen molar-refractivity contribution >= 4 is 33.2 Å². The van der Waals surface area contributed by atoms with Crippen molar-refractivity contribution in [3.63, 3.8) is 0 Å². The highest BCUT2D eigenvalue weighted by Crippen LogP contribution is 2.25. The summed E-state index contributed by atoms with van der Waals surface area (Å²) in [5, 5.41) is 13.0. The van der Waals surface area contributed by atoms with E-state index < -0.39 is 0 Å². The highest BCUT2D eigenvalue weighted by molar-refractivity contribution is 9.10. The van der Waals surface area contributed by atoms with E-state index >= 15 is 0 Å². The van der Waals surface area contributed by atoms with E-state index in [1.54, 1.807) is 12.1 Å². The molecule has 0 saturated heterocycles. The van der Waals surface area contributed by atoms with Crippen molar-refractivity contribution in [2.75, 3.05) is 5.32 Å². The number of nitrogens with zero attached hydrogens (tertiary/aromatic N) is 1. The van der Waals surface area contributed by atoms with Crippen molar-refractivity contribution in [3.05, 3.63) is 63.1 Å². The van der Waals surface area contributed by atoms with Crippen LogP contribution in [0.2, 0.25) is 5.02 Å². The molecule has 0 fully saturated rings. The number of benzene rings is 2. The van der Waals surface area contributed by atoms with Crippen LogP contribution in [0.15, 0.2) is 46.9 Å². The molecule has 2 aromatic rings. The first-order chi connectivity index (χ1) is 9.10. The van der Waals surface area contributed by atoms with Gasteiger partial charge in [-0.2, -0.15) is 5.26 Å². The predicted molar refractivity (Wildman–Crippen MR) is 82.3 cm³/mol. The summed E-state index contributed by atoms with van der Waals surface area (Å²) in [5.74, 6) is 0. The Morgan fingerprint density at radius 2 is 1.89 bits per heavy atom. The van der Waals surface area contributed by atoms with Crippen LogP contribution in [0, 0.1) is 11.3 Å². The molecular weight excluding hydrogens is 324 g/mol. The lowest BCUT2D eigenvalue weighted by molar-refractivity contribution is 0.883. The molecular formula is C15H12BrClN2. The highest BCUT2D eigenvalue weighted by atomic mass is 79.9. The quantitative estimate of drug-likeness (QED) is 0.842. The molecule has 0 saturated carbocycles. The Bertz CT molecular complexity index is 617. The molecule has 96 valence electrons. The molecule has 2 aromatic carbocycles. The summed E-state index contributed by atoms with van der Waals surface area (Å²) in [7, 11) is 0. The van der Waals surface area contributed by atoms with E-state index in [4.69, 9.17) is 16.9 Å². The number of rotatable bonds is 3. The molecule has 0 aliphatic rings. The summed E-state index contributed by atoms with van der Waals surface area (Å²) in [6, 6.07) is 15.6. The molecule has 0 aliphatic carbocycles. The fourth-order valence-corrected chi connectivity index (χ4v) is 2.24. The Balaban J connectivity index is 2.21. The Morgan fingerprint density at radius 3 is 2.53 bits per heavy atom. The summed E-state index contributed by atoms with van der Waals surface area (Å²) < 4.78 is 1.05. The van der Waals surface area contributed by atoms with E-state index in [2.05, 4.69) is 34.2 Å². The standard InChI is InChI=1S/C15H12BrClN2/c1-10(11-2-4-13(16)5-3-11)19-15-7-6-14(17)8-12(15)9-18/h2-8,10,19H,1H3. The Kier molecular flexibility index (Phi) is 4.47. The molecule has 0 heterocycles. The van der Waals surface area contributed by atoms with Gasteiger partial charge in [0.2, 0.25) is 0 Å². The van der Waals surface area contributed by atoms with Gasteiger partial charge in [0, 0.05) is 15.5 Å². The van der Waals surface area contributed by atoms with E-state index in [1.807, 2.05) is 30.3 Å². The molecule has 1 N–H and O–H groups in total. The van der Waals surface area contributed by atoms with Gasteiger partial charge in [-0.05, 0) is 42.8 Å². The van der Waals surface area contributed by atoms with E-state index in [0.717, 1.165) is 15.7 Å². The maximum atomic E-state index is 9.11. The number of hydrogen-bond donors (Lipinski definition) is 1. The zero-order chi connectivity index (χ0) is 13.8. The first-order valence-corrected chi connectivity index (χ1v) is 6.99. The Morgan fingerprint density at radius 1 is 1.21 bits per heavy atom. The monoisotopic (exact) mass is 334 g/mol. The topological polar surface area (TPSA) is 35.8 Å². The third-order valence-electron chi connectivity index (χ3n) is 2.84. The third-order valence-corrected chi connectivity index (χ3v) is 3.61. The first-order valence-electron chi connectivity index (χ1n) is 5.82. The molecule has 2 rings (SSSR count). The van der Waals surface area contributed by atoms with Crippen LogP contribution in [0.4, 0.5) is 5.69 Å². The van der Waals surface area contributed by atoms with Gasteiger partial charge in [-0.15, -0.1) is 0 Å². The summed E-state index contributed by atoms with van der Waals surface area (Å²) in [4.78, 5) is 0. The maximum Gasteiger partial charge on any atom is 0.101 e. The van der Waals surface area contributed by atoms with Crippen molar-refractivity contribution < 1.29 is 0 Å². The van der Waals surface area contributed by atoms with Crippen molar-refractivity contribution in [2.24, 2.45) is 0 Å². The normalized spacial score (nSPS) is 11.7. The van der Waals surface area contributed by atoms with E-state index in [1.165, 1.54) is 0 Å². The fraction of sp³-hybridized carbons (Fsp3) is 0.133. The van der Waals surface area contributed by atoms with Gasteiger partial charge in [-0.25, -0.2) is 0 Å². The van der Waals surface area contributed by atoms with Gasteiger partial charge in [0.15, 0.2) is 0 Å². The molecule has 0 spiro atoms. The number of anilines is 1. The van der Waals surface area contributed by atoms with Crippen molar-refractivity contribution in [3.8, 4) is 6.07 Å². The third kappa shape index (κ3) is 3.50. The molecule has 4 heteroatoms. The summed E-state index contributed by atoms with van der Waals surface area (Å²) >= 11 is 9.30. The zero-order valence-electron chi connectivity index (χ0n) is 10.3. The Hall–Kier alpha value is -1.50. The van der Waals surface area contributed by atoms with Crippen LogP contribution in [-0.2, 0) is 0 Å². The molecule has 0 aliphatic heterocycles. The Labute approximate surface area is 126 Å². The van der Waals surface area contributed by atoms with Crippen LogP contribution < -0.4 is 5.32 Å². The van der Waals surface area contributed by atoms with Crippen LogP contribution in [0.3, 0.4) is 0 Å². The second-order valence-electron chi connectivity index (χ2n) is 4.22. The molecule has 0 aromatic heterocycles. The average Bonchev–Trinajstić information content (AvgIpc) is 2.41. The van der Waals surface area contributed by atoms with E-state index in [0.29, 0.717) is 10.6 Å². The van der Waals surface area contributed by atoms with Gasteiger partial charge < -0.3 is 5.32 Å². The molecule has 19 heavy (non-hydrogen) atoms. The second kappa shape index (κ2) is 6.10.